The molecule has 0 aliphatic rings. The number of nitrogens with two attached hydrogens (primary N) is 1. The third-order valence-corrected chi connectivity index (χ3v) is 2.48. The van der Waals surface area contributed by atoms with Crippen LogP contribution >= 0.6 is 12.2 Å². The predicted molar refractivity (Wildman–Crippen MR) is 63.6 cm³/mol. The van der Waals surface area contributed by atoms with E-state index in [-0.39, 0.29) is 5.56 Å². The number of H-pyrrole nitrogens is 1. The normalized spacial score (nSPS) is 10.2. The molecule has 6 heteroatoms. The van der Waals surface area contributed by atoms with Crippen LogP contribution in [0.5, 0.6) is 0 Å². The molecule has 0 amide bonds. The quantitative estimate of drug-likeness (QED) is 0.758. The predicted octanol–water partition coefficient (Wildman–Crippen LogP) is 0.931. The molecule has 0 saturated carbocycles. The van der Waals surface area contributed by atoms with Gasteiger partial charge in [-0.25, -0.2) is 0 Å². The van der Waals surface area contributed by atoms with E-state index in [1.165, 1.54) is 6.07 Å². The smallest absolute Gasteiger partial charge is 0.253 e. The van der Waals surface area contributed by atoms with Gasteiger partial charge < -0.3 is 10.3 Å². The summed E-state index contributed by atoms with van der Waals surface area (Å²) in [4.78, 5) is 17.5. The standard InChI is InChI=1S/C10H10N4OS/c11-8-5-9(15)13-10(16)14(8)6-7-1-3-12-4-2-7/h1-5H,6,11H2,(H,13,15,16). The summed E-state index contributed by atoms with van der Waals surface area (Å²) < 4.78 is 1.98. The number of hydrogen-bond donors (Lipinski definition) is 2. The summed E-state index contributed by atoms with van der Waals surface area (Å²) in [6.45, 7) is 0.518. The highest BCUT2D eigenvalue weighted by atomic mass is 32.1. The molecule has 0 saturated heterocycles. The molecular weight excluding hydrogens is 224 g/mol. The van der Waals surface area contributed by atoms with Crippen LogP contribution in [0.2, 0.25) is 0 Å². The third kappa shape index (κ3) is 2.17. The molecule has 16 heavy (non-hydrogen) atoms. The van der Waals surface area contributed by atoms with Crippen molar-refractivity contribution in [2.75, 3.05) is 5.73 Å². The van der Waals surface area contributed by atoms with Crippen LogP contribution in [0.1, 0.15) is 5.56 Å². The minimum absolute atomic E-state index is 0.284. The lowest BCUT2D eigenvalue weighted by Gasteiger charge is -2.09. The molecule has 0 radical (unpaired) electrons. The Labute approximate surface area is 96.6 Å². The number of pyridine rings is 1. The number of rotatable bonds is 2. The van der Waals surface area contributed by atoms with Crippen LogP contribution < -0.4 is 11.3 Å². The second-order valence-electron chi connectivity index (χ2n) is 3.31. The van der Waals surface area contributed by atoms with Crippen molar-refractivity contribution in [2.24, 2.45) is 0 Å². The molecule has 2 aromatic rings. The molecule has 2 rings (SSSR count). The highest BCUT2D eigenvalue weighted by Crippen LogP contribution is 2.05. The highest BCUT2D eigenvalue weighted by molar-refractivity contribution is 7.71. The van der Waals surface area contributed by atoms with E-state index in [1.807, 2.05) is 12.1 Å². The van der Waals surface area contributed by atoms with Gasteiger partial charge in [-0.3, -0.25) is 14.8 Å². The molecule has 2 aromatic heterocycles. The molecular formula is C10H10N4OS. The summed E-state index contributed by atoms with van der Waals surface area (Å²) in [5.41, 5.74) is 6.47. The van der Waals surface area contributed by atoms with Crippen LogP contribution in [-0.4, -0.2) is 14.5 Å². The van der Waals surface area contributed by atoms with Gasteiger partial charge in [0.1, 0.15) is 5.82 Å². The summed E-state index contributed by atoms with van der Waals surface area (Å²) in [7, 11) is 0. The molecule has 3 N–H and O–H groups in total. The molecule has 0 aliphatic carbocycles. The van der Waals surface area contributed by atoms with Crippen molar-refractivity contribution in [1.29, 1.82) is 0 Å². The van der Waals surface area contributed by atoms with Gasteiger partial charge in [0.15, 0.2) is 4.77 Å². The maximum Gasteiger partial charge on any atom is 0.253 e. The summed E-state index contributed by atoms with van der Waals surface area (Å²) in [6, 6.07) is 5.05. The summed E-state index contributed by atoms with van der Waals surface area (Å²) >= 11 is 5.04. The van der Waals surface area contributed by atoms with E-state index >= 15 is 0 Å². The van der Waals surface area contributed by atoms with E-state index in [1.54, 1.807) is 17.0 Å². The van der Waals surface area contributed by atoms with Gasteiger partial charge in [-0.15, -0.1) is 0 Å². The molecule has 5 nitrogen and oxygen atoms in total. The molecule has 82 valence electrons. The fraction of sp³-hybridized carbons (Fsp3) is 0.100. The van der Waals surface area contributed by atoms with Crippen LogP contribution in [0, 0.1) is 4.77 Å². The fourth-order valence-corrected chi connectivity index (χ4v) is 1.64. The molecule has 0 fully saturated rings. The first-order valence-electron chi connectivity index (χ1n) is 4.65. The minimum Gasteiger partial charge on any atom is -0.385 e. The second-order valence-corrected chi connectivity index (χ2v) is 3.69. The second kappa shape index (κ2) is 4.28. The fourth-order valence-electron chi connectivity index (χ4n) is 1.37. The molecule has 0 aliphatic heterocycles. The lowest BCUT2D eigenvalue weighted by Crippen LogP contribution is -2.16. The Morgan fingerprint density at radius 3 is 2.75 bits per heavy atom. The maximum absolute atomic E-state index is 11.1. The van der Waals surface area contributed by atoms with E-state index in [2.05, 4.69) is 9.97 Å². The number of nitrogen functional groups attached to an aromatic ring is 1. The summed E-state index contributed by atoms with van der Waals surface area (Å²) in [5.74, 6) is 0.352. The van der Waals surface area contributed by atoms with Gasteiger partial charge in [-0.1, -0.05) is 0 Å². The Balaban J connectivity index is 2.43. The zero-order chi connectivity index (χ0) is 11.5. The van der Waals surface area contributed by atoms with Crippen molar-refractivity contribution in [3.8, 4) is 0 Å². The number of hydrogen-bond acceptors (Lipinski definition) is 4. The van der Waals surface area contributed by atoms with E-state index in [9.17, 15) is 4.79 Å². The number of anilines is 1. The van der Waals surface area contributed by atoms with Gasteiger partial charge >= 0.3 is 0 Å². The van der Waals surface area contributed by atoms with Crippen molar-refractivity contribution in [2.45, 2.75) is 6.54 Å². The summed E-state index contributed by atoms with van der Waals surface area (Å²) in [5, 5.41) is 0. The molecule has 0 spiro atoms. The molecule has 0 unspecified atom stereocenters. The Morgan fingerprint density at radius 1 is 1.44 bits per heavy atom. The van der Waals surface area contributed by atoms with Gasteiger partial charge in [0.25, 0.3) is 5.56 Å². The lowest BCUT2D eigenvalue weighted by atomic mass is 10.3. The Morgan fingerprint density at radius 2 is 2.12 bits per heavy atom. The zero-order valence-electron chi connectivity index (χ0n) is 8.38. The zero-order valence-corrected chi connectivity index (χ0v) is 9.20. The topological polar surface area (TPSA) is 76.7 Å². The largest absolute Gasteiger partial charge is 0.385 e. The van der Waals surface area contributed by atoms with E-state index in [0.717, 1.165) is 5.56 Å². The van der Waals surface area contributed by atoms with Crippen LogP contribution in [0.15, 0.2) is 35.4 Å². The molecule has 0 atom stereocenters. The van der Waals surface area contributed by atoms with Gasteiger partial charge in [-0.2, -0.15) is 0 Å². The van der Waals surface area contributed by atoms with Crippen LogP contribution in [-0.2, 0) is 6.54 Å². The number of nitrogens with zero attached hydrogens (tertiary/aromatic N) is 2. The Hall–Kier alpha value is -1.95. The number of aromatic nitrogens is 3. The Kier molecular flexibility index (Phi) is 2.82. The maximum atomic E-state index is 11.1. The van der Waals surface area contributed by atoms with Crippen molar-refractivity contribution >= 4 is 18.0 Å². The average molecular weight is 234 g/mol. The van der Waals surface area contributed by atoms with Gasteiger partial charge in [-0.05, 0) is 29.9 Å². The van der Waals surface area contributed by atoms with Crippen molar-refractivity contribution in [3.05, 3.63) is 51.3 Å². The van der Waals surface area contributed by atoms with Crippen molar-refractivity contribution < 1.29 is 0 Å². The molecule has 0 bridgehead atoms. The minimum atomic E-state index is -0.284. The first kappa shape index (κ1) is 10.6. The summed E-state index contributed by atoms with van der Waals surface area (Å²) in [6.07, 6.45) is 3.39. The van der Waals surface area contributed by atoms with Crippen LogP contribution in [0.3, 0.4) is 0 Å². The van der Waals surface area contributed by atoms with E-state index in [0.29, 0.717) is 17.1 Å². The Bertz CT molecular complexity index is 602. The van der Waals surface area contributed by atoms with Crippen molar-refractivity contribution in [1.82, 2.24) is 14.5 Å². The third-order valence-electron chi connectivity index (χ3n) is 2.16. The number of aromatic amines is 1. The molecule has 2 heterocycles. The first-order valence-corrected chi connectivity index (χ1v) is 5.06. The molecule has 0 aromatic carbocycles. The van der Waals surface area contributed by atoms with Crippen LogP contribution in [0.4, 0.5) is 5.82 Å². The number of nitrogens with one attached hydrogen (secondary N) is 1. The lowest BCUT2D eigenvalue weighted by molar-refractivity contribution is 0.756. The SMILES string of the molecule is Nc1cc(=O)[nH]c(=S)n1Cc1ccncc1. The van der Waals surface area contributed by atoms with E-state index < -0.39 is 0 Å². The average Bonchev–Trinajstić information content (AvgIpc) is 2.25. The van der Waals surface area contributed by atoms with Crippen LogP contribution in [0.25, 0.3) is 0 Å². The first-order chi connectivity index (χ1) is 7.66. The van der Waals surface area contributed by atoms with Gasteiger partial charge in [0, 0.05) is 18.5 Å². The van der Waals surface area contributed by atoms with Gasteiger partial charge in [0.2, 0.25) is 0 Å². The van der Waals surface area contributed by atoms with E-state index in [4.69, 9.17) is 18.0 Å². The van der Waals surface area contributed by atoms with Crippen molar-refractivity contribution in [3.63, 3.8) is 0 Å². The highest BCUT2D eigenvalue weighted by Gasteiger charge is 2.01. The monoisotopic (exact) mass is 234 g/mol. The van der Waals surface area contributed by atoms with Gasteiger partial charge in [0.05, 0.1) is 6.54 Å².